The molecule has 1 aromatic carbocycles. The van der Waals surface area contributed by atoms with Crippen molar-refractivity contribution >= 4 is 40.4 Å². The molecule has 0 radical (unpaired) electrons. The molecule has 2 nitrogen and oxygen atoms in total. The lowest BCUT2D eigenvalue weighted by Gasteiger charge is -2.31. The maximum atomic E-state index is 6.18. The number of likely N-dealkylation sites (tertiary alicyclic amines) is 1. The Morgan fingerprint density at radius 3 is 2.56 bits per heavy atom. The van der Waals surface area contributed by atoms with Crippen molar-refractivity contribution in [2.24, 2.45) is 11.7 Å². The quantitative estimate of drug-likeness (QED) is 0.867. The molecule has 0 spiro atoms. The Bertz CT molecular complexity index is 443. The van der Waals surface area contributed by atoms with Crippen molar-refractivity contribution in [3.05, 3.63) is 33.8 Å². The highest BCUT2D eigenvalue weighted by molar-refractivity contribution is 7.80. The van der Waals surface area contributed by atoms with Gasteiger partial charge in [0.15, 0.2) is 0 Å². The van der Waals surface area contributed by atoms with Crippen molar-refractivity contribution in [3.8, 4) is 0 Å². The van der Waals surface area contributed by atoms with Gasteiger partial charge in [0.1, 0.15) is 0 Å². The summed E-state index contributed by atoms with van der Waals surface area (Å²) in [5, 5.41) is 1.41. The van der Waals surface area contributed by atoms with Crippen LogP contribution in [-0.2, 0) is 6.54 Å². The third kappa shape index (κ3) is 3.58. The Morgan fingerprint density at radius 1 is 1.33 bits per heavy atom. The smallest absolute Gasteiger partial charge is 0.0759 e. The van der Waals surface area contributed by atoms with E-state index in [9.17, 15) is 0 Å². The number of nitrogens with zero attached hydrogens (tertiary/aromatic N) is 1. The van der Waals surface area contributed by atoms with Gasteiger partial charge in [0.05, 0.1) is 4.99 Å². The minimum atomic E-state index is 0.400. The van der Waals surface area contributed by atoms with Crippen LogP contribution in [0.4, 0.5) is 0 Å². The number of nitrogens with two attached hydrogens (primary N) is 1. The van der Waals surface area contributed by atoms with E-state index in [0.717, 1.165) is 43.1 Å². The monoisotopic (exact) mass is 302 g/mol. The average Bonchev–Trinajstić information content (AvgIpc) is 2.33. The molecule has 0 amide bonds. The van der Waals surface area contributed by atoms with Gasteiger partial charge in [-0.3, -0.25) is 4.90 Å². The highest BCUT2D eigenvalue weighted by Crippen LogP contribution is 2.24. The van der Waals surface area contributed by atoms with Gasteiger partial charge in [-0.25, -0.2) is 0 Å². The van der Waals surface area contributed by atoms with E-state index in [1.807, 2.05) is 12.1 Å². The summed E-state index contributed by atoms with van der Waals surface area (Å²) in [5.41, 5.74) is 6.80. The third-order valence-electron chi connectivity index (χ3n) is 3.40. The van der Waals surface area contributed by atoms with Crippen LogP contribution in [0.25, 0.3) is 0 Å². The van der Waals surface area contributed by atoms with Crippen LogP contribution in [0, 0.1) is 5.92 Å². The lowest BCUT2D eigenvalue weighted by molar-refractivity contribution is 0.202. The van der Waals surface area contributed by atoms with Crippen molar-refractivity contribution < 1.29 is 0 Å². The first-order chi connectivity index (χ1) is 8.56. The largest absolute Gasteiger partial charge is 0.393 e. The molecule has 5 heteroatoms. The van der Waals surface area contributed by atoms with Crippen molar-refractivity contribution in [2.45, 2.75) is 19.4 Å². The summed E-state index contributed by atoms with van der Waals surface area (Å²) < 4.78 is 0. The predicted octanol–water partition coefficient (Wildman–Crippen LogP) is 3.49. The number of hydrogen-bond acceptors (Lipinski definition) is 2. The first kappa shape index (κ1) is 14.1. The standard InChI is InChI=1S/C13H16Cl2N2S/c14-11-2-1-10(12(15)7-11)8-17-5-3-9(4-6-17)13(16)18/h1-2,7,9H,3-6,8H2,(H2,16,18). The Morgan fingerprint density at radius 2 is 2.00 bits per heavy atom. The molecule has 18 heavy (non-hydrogen) atoms. The van der Waals surface area contributed by atoms with Crippen LogP contribution in [0.5, 0.6) is 0 Å². The Hall–Kier alpha value is -0.350. The highest BCUT2D eigenvalue weighted by atomic mass is 35.5. The van der Waals surface area contributed by atoms with E-state index in [1.54, 1.807) is 6.07 Å². The zero-order chi connectivity index (χ0) is 13.1. The molecule has 1 aliphatic heterocycles. The minimum absolute atomic E-state index is 0.400. The summed E-state index contributed by atoms with van der Waals surface area (Å²) in [6.07, 6.45) is 2.08. The van der Waals surface area contributed by atoms with Gasteiger partial charge in [0, 0.05) is 22.5 Å². The third-order valence-corrected chi connectivity index (χ3v) is 4.32. The van der Waals surface area contributed by atoms with Gasteiger partial charge in [0.2, 0.25) is 0 Å². The van der Waals surface area contributed by atoms with Gasteiger partial charge in [-0.15, -0.1) is 0 Å². The first-order valence-corrected chi connectivity index (χ1v) is 7.18. The van der Waals surface area contributed by atoms with E-state index < -0.39 is 0 Å². The molecule has 0 aromatic heterocycles. The van der Waals surface area contributed by atoms with Gasteiger partial charge in [-0.2, -0.15) is 0 Å². The maximum Gasteiger partial charge on any atom is 0.0759 e. The summed E-state index contributed by atoms with van der Waals surface area (Å²) in [7, 11) is 0. The summed E-state index contributed by atoms with van der Waals surface area (Å²) >= 11 is 17.1. The second kappa shape index (κ2) is 6.20. The van der Waals surface area contributed by atoms with Crippen LogP contribution in [0.1, 0.15) is 18.4 Å². The lowest BCUT2D eigenvalue weighted by Crippen LogP contribution is -2.37. The molecule has 0 bridgehead atoms. The van der Waals surface area contributed by atoms with Crippen LogP contribution in [0.15, 0.2) is 18.2 Å². The zero-order valence-electron chi connectivity index (χ0n) is 10.0. The van der Waals surface area contributed by atoms with Crippen LogP contribution in [0.2, 0.25) is 10.0 Å². The number of rotatable bonds is 3. The molecule has 0 atom stereocenters. The molecule has 1 saturated heterocycles. The molecular weight excluding hydrogens is 287 g/mol. The molecule has 0 unspecified atom stereocenters. The highest BCUT2D eigenvalue weighted by Gasteiger charge is 2.21. The molecule has 0 saturated carbocycles. The molecule has 1 heterocycles. The van der Waals surface area contributed by atoms with Crippen molar-refractivity contribution in [1.82, 2.24) is 4.90 Å². The fourth-order valence-corrected chi connectivity index (χ4v) is 2.97. The first-order valence-electron chi connectivity index (χ1n) is 6.02. The Labute approximate surface area is 123 Å². The van der Waals surface area contributed by atoms with Crippen molar-refractivity contribution in [3.63, 3.8) is 0 Å². The fraction of sp³-hybridized carbons (Fsp3) is 0.462. The lowest BCUT2D eigenvalue weighted by atomic mass is 9.96. The van der Waals surface area contributed by atoms with Gasteiger partial charge < -0.3 is 5.73 Å². The maximum absolute atomic E-state index is 6.18. The summed E-state index contributed by atoms with van der Waals surface area (Å²) in [5.74, 6) is 0.400. The molecule has 1 aromatic rings. The van der Waals surface area contributed by atoms with Crippen LogP contribution in [0.3, 0.4) is 0 Å². The number of halogens is 2. The number of hydrogen-bond donors (Lipinski definition) is 1. The zero-order valence-corrected chi connectivity index (χ0v) is 12.4. The van der Waals surface area contributed by atoms with Crippen LogP contribution < -0.4 is 5.73 Å². The second-order valence-electron chi connectivity index (χ2n) is 4.69. The molecule has 98 valence electrons. The molecule has 1 aliphatic rings. The van der Waals surface area contributed by atoms with Gasteiger partial charge in [-0.05, 0) is 43.6 Å². The van der Waals surface area contributed by atoms with Crippen LogP contribution in [-0.4, -0.2) is 23.0 Å². The number of thiocarbonyl (C=S) groups is 1. The average molecular weight is 303 g/mol. The van der Waals surface area contributed by atoms with Gasteiger partial charge >= 0.3 is 0 Å². The van der Waals surface area contributed by atoms with E-state index in [1.165, 1.54) is 0 Å². The molecule has 0 aliphatic carbocycles. The Balaban J connectivity index is 1.93. The van der Waals surface area contributed by atoms with Gasteiger partial charge in [-0.1, -0.05) is 41.5 Å². The van der Waals surface area contributed by atoms with Gasteiger partial charge in [0.25, 0.3) is 0 Å². The Kier molecular flexibility index (Phi) is 4.84. The summed E-state index contributed by atoms with van der Waals surface area (Å²) in [4.78, 5) is 3.03. The fourth-order valence-electron chi connectivity index (χ4n) is 2.27. The van der Waals surface area contributed by atoms with E-state index in [2.05, 4.69) is 4.90 Å². The summed E-state index contributed by atoms with van der Waals surface area (Å²) in [6.45, 7) is 2.89. The van der Waals surface area contributed by atoms with Crippen molar-refractivity contribution in [2.75, 3.05) is 13.1 Å². The van der Waals surface area contributed by atoms with Crippen molar-refractivity contribution in [1.29, 1.82) is 0 Å². The molecule has 2 N–H and O–H groups in total. The topological polar surface area (TPSA) is 29.3 Å². The van der Waals surface area contributed by atoms with E-state index in [4.69, 9.17) is 41.2 Å². The number of piperidine rings is 1. The van der Waals surface area contributed by atoms with E-state index >= 15 is 0 Å². The predicted molar refractivity (Wildman–Crippen MR) is 81.2 cm³/mol. The minimum Gasteiger partial charge on any atom is -0.393 e. The molecule has 2 rings (SSSR count). The SMILES string of the molecule is NC(=S)C1CCN(Cc2ccc(Cl)cc2Cl)CC1. The van der Waals surface area contributed by atoms with E-state index in [-0.39, 0.29) is 0 Å². The van der Waals surface area contributed by atoms with E-state index in [0.29, 0.717) is 15.9 Å². The molecular formula is C13H16Cl2N2S. The second-order valence-corrected chi connectivity index (χ2v) is 6.00. The normalized spacial score (nSPS) is 17.9. The number of benzene rings is 1. The summed E-state index contributed by atoms with van der Waals surface area (Å²) in [6, 6.07) is 5.66. The van der Waals surface area contributed by atoms with Crippen LogP contribution >= 0.6 is 35.4 Å². The molecule has 1 fully saturated rings.